The average molecular weight is 278 g/mol. The molecule has 2 nitrogen and oxygen atoms in total. The molecule has 0 spiro atoms. The summed E-state index contributed by atoms with van der Waals surface area (Å²) in [6, 6.07) is 11.7. The fourth-order valence-corrected chi connectivity index (χ4v) is 1.70. The molecule has 0 aliphatic heterocycles. The SMILES string of the molecule is Cc1ccc(C)c(Oc2cccc(Br)n2)c1. The minimum Gasteiger partial charge on any atom is -0.439 e. The smallest absolute Gasteiger partial charge is 0.220 e. The van der Waals surface area contributed by atoms with E-state index in [1.165, 1.54) is 5.56 Å². The second-order valence-corrected chi connectivity index (χ2v) is 4.48. The quantitative estimate of drug-likeness (QED) is 0.766. The second-order valence-electron chi connectivity index (χ2n) is 3.67. The fourth-order valence-electron chi connectivity index (χ4n) is 1.38. The minimum atomic E-state index is 0.600. The van der Waals surface area contributed by atoms with Crippen molar-refractivity contribution in [3.8, 4) is 11.6 Å². The molecule has 0 amide bonds. The standard InChI is InChI=1S/C13H12BrNO/c1-9-6-7-10(2)11(8-9)16-13-5-3-4-12(14)15-13/h3-8H,1-2H3. The molecular weight excluding hydrogens is 266 g/mol. The lowest BCUT2D eigenvalue weighted by atomic mass is 10.1. The highest BCUT2D eigenvalue weighted by Crippen LogP contribution is 2.25. The highest BCUT2D eigenvalue weighted by atomic mass is 79.9. The van der Waals surface area contributed by atoms with E-state index in [0.29, 0.717) is 5.88 Å². The van der Waals surface area contributed by atoms with Crippen LogP contribution in [0.1, 0.15) is 11.1 Å². The van der Waals surface area contributed by atoms with E-state index >= 15 is 0 Å². The van der Waals surface area contributed by atoms with Crippen LogP contribution in [-0.2, 0) is 0 Å². The summed E-state index contributed by atoms with van der Waals surface area (Å²) in [5.41, 5.74) is 2.28. The first kappa shape index (κ1) is 11.1. The molecule has 0 fully saturated rings. The van der Waals surface area contributed by atoms with E-state index in [0.717, 1.165) is 15.9 Å². The Kier molecular flexibility index (Phi) is 3.25. The van der Waals surface area contributed by atoms with Crippen LogP contribution < -0.4 is 4.74 Å². The summed E-state index contributed by atoms with van der Waals surface area (Å²) in [5, 5.41) is 0. The maximum atomic E-state index is 5.73. The van der Waals surface area contributed by atoms with Crippen molar-refractivity contribution in [3.63, 3.8) is 0 Å². The predicted molar refractivity (Wildman–Crippen MR) is 67.9 cm³/mol. The van der Waals surface area contributed by atoms with E-state index in [9.17, 15) is 0 Å². The van der Waals surface area contributed by atoms with Gasteiger partial charge in [-0.05, 0) is 53.0 Å². The number of aryl methyl sites for hydroxylation is 2. The largest absolute Gasteiger partial charge is 0.439 e. The fraction of sp³-hybridized carbons (Fsp3) is 0.154. The average Bonchev–Trinajstić information content (AvgIpc) is 2.24. The molecule has 16 heavy (non-hydrogen) atoms. The number of rotatable bonds is 2. The van der Waals surface area contributed by atoms with Crippen molar-refractivity contribution >= 4 is 15.9 Å². The van der Waals surface area contributed by atoms with Crippen LogP contribution in [0.25, 0.3) is 0 Å². The lowest BCUT2D eigenvalue weighted by molar-refractivity contribution is 0.458. The van der Waals surface area contributed by atoms with Crippen molar-refractivity contribution in [1.29, 1.82) is 0 Å². The Morgan fingerprint density at radius 3 is 2.69 bits per heavy atom. The van der Waals surface area contributed by atoms with Crippen LogP contribution in [0.2, 0.25) is 0 Å². The number of halogens is 1. The zero-order valence-corrected chi connectivity index (χ0v) is 10.8. The van der Waals surface area contributed by atoms with Gasteiger partial charge in [0.15, 0.2) is 0 Å². The Hall–Kier alpha value is -1.35. The number of pyridine rings is 1. The van der Waals surface area contributed by atoms with Gasteiger partial charge in [-0.15, -0.1) is 0 Å². The maximum Gasteiger partial charge on any atom is 0.220 e. The van der Waals surface area contributed by atoms with Gasteiger partial charge in [-0.1, -0.05) is 18.2 Å². The summed E-state index contributed by atoms with van der Waals surface area (Å²) in [7, 11) is 0. The Labute approximate surface area is 103 Å². The van der Waals surface area contributed by atoms with Gasteiger partial charge >= 0.3 is 0 Å². The number of hydrogen-bond donors (Lipinski definition) is 0. The van der Waals surface area contributed by atoms with Gasteiger partial charge < -0.3 is 4.74 Å². The molecule has 0 bridgehead atoms. The summed E-state index contributed by atoms with van der Waals surface area (Å²) in [6.45, 7) is 4.06. The van der Waals surface area contributed by atoms with Crippen LogP contribution in [0.3, 0.4) is 0 Å². The Balaban J connectivity index is 2.30. The van der Waals surface area contributed by atoms with Gasteiger partial charge in [0, 0.05) is 6.07 Å². The van der Waals surface area contributed by atoms with Gasteiger partial charge in [0.25, 0.3) is 0 Å². The molecule has 0 unspecified atom stereocenters. The van der Waals surface area contributed by atoms with Crippen LogP contribution in [0.4, 0.5) is 0 Å². The monoisotopic (exact) mass is 277 g/mol. The zero-order valence-electron chi connectivity index (χ0n) is 9.20. The Bertz CT molecular complexity index is 511. The van der Waals surface area contributed by atoms with E-state index in [1.807, 2.05) is 44.2 Å². The highest BCUT2D eigenvalue weighted by Gasteiger charge is 2.02. The molecule has 3 heteroatoms. The zero-order chi connectivity index (χ0) is 11.5. The number of benzene rings is 1. The maximum absolute atomic E-state index is 5.73. The summed E-state index contributed by atoms with van der Waals surface area (Å²) >= 11 is 3.32. The van der Waals surface area contributed by atoms with Crippen LogP contribution in [-0.4, -0.2) is 4.98 Å². The molecule has 0 aliphatic carbocycles. The van der Waals surface area contributed by atoms with Crippen molar-refractivity contribution in [1.82, 2.24) is 4.98 Å². The highest BCUT2D eigenvalue weighted by molar-refractivity contribution is 9.10. The molecule has 1 aromatic carbocycles. The topological polar surface area (TPSA) is 22.1 Å². The van der Waals surface area contributed by atoms with Crippen molar-refractivity contribution in [2.24, 2.45) is 0 Å². The molecular formula is C13H12BrNO. The molecule has 82 valence electrons. The van der Waals surface area contributed by atoms with Gasteiger partial charge in [0.05, 0.1) is 0 Å². The lowest BCUT2D eigenvalue weighted by Crippen LogP contribution is -1.90. The Morgan fingerprint density at radius 2 is 1.94 bits per heavy atom. The van der Waals surface area contributed by atoms with Gasteiger partial charge in [0.2, 0.25) is 5.88 Å². The summed E-state index contributed by atoms with van der Waals surface area (Å²) in [4.78, 5) is 4.23. The van der Waals surface area contributed by atoms with Crippen molar-refractivity contribution in [2.75, 3.05) is 0 Å². The minimum absolute atomic E-state index is 0.600. The van der Waals surface area contributed by atoms with Crippen LogP contribution >= 0.6 is 15.9 Å². The molecule has 0 N–H and O–H groups in total. The third-order valence-electron chi connectivity index (χ3n) is 2.25. The number of hydrogen-bond acceptors (Lipinski definition) is 2. The Morgan fingerprint density at radius 1 is 1.12 bits per heavy atom. The summed E-state index contributed by atoms with van der Waals surface area (Å²) in [6.07, 6.45) is 0. The van der Waals surface area contributed by atoms with E-state index in [4.69, 9.17) is 4.74 Å². The van der Waals surface area contributed by atoms with Gasteiger partial charge in [-0.3, -0.25) is 0 Å². The normalized spacial score (nSPS) is 10.2. The lowest BCUT2D eigenvalue weighted by Gasteiger charge is -2.08. The van der Waals surface area contributed by atoms with Gasteiger partial charge in [-0.25, -0.2) is 4.98 Å². The van der Waals surface area contributed by atoms with E-state index in [1.54, 1.807) is 0 Å². The van der Waals surface area contributed by atoms with Crippen LogP contribution in [0.15, 0.2) is 41.0 Å². The van der Waals surface area contributed by atoms with Crippen molar-refractivity contribution in [2.45, 2.75) is 13.8 Å². The number of aromatic nitrogens is 1. The first-order chi connectivity index (χ1) is 7.65. The molecule has 1 aromatic heterocycles. The first-order valence-electron chi connectivity index (χ1n) is 5.03. The second kappa shape index (κ2) is 4.66. The first-order valence-corrected chi connectivity index (χ1v) is 5.82. The van der Waals surface area contributed by atoms with Crippen LogP contribution in [0.5, 0.6) is 11.6 Å². The number of nitrogens with zero attached hydrogens (tertiary/aromatic N) is 1. The van der Waals surface area contributed by atoms with Crippen LogP contribution in [0, 0.1) is 13.8 Å². The van der Waals surface area contributed by atoms with Crippen molar-refractivity contribution in [3.05, 3.63) is 52.1 Å². The summed E-state index contributed by atoms with van der Waals surface area (Å²) in [5.74, 6) is 1.45. The molecule has 0 saturated carbocycles. The molecule has 2 rings (SSSR count). The molecule has 0 atom stereocenters. The van der Waals surface area contributed by atoms with E-state index < -0.39 is 0 Å². The molecule has 1 heterocycles. The molecule has 0 saturated heterocycles. The third kappa shape index (κ3) is 2.61. The molecule has 0 radical (unpaired) electrons. The van der Waals surface area contributed by atoms with Gasteiger partial charge in [-0.2, -0.15) is 0 Å². The van der Waals surface area contributed by atoms with E-state index in [-0.39, 0.29) is 0 Å². The predicted octanol–water partition coefficient (Wildman–Crippen LogP) is 4.25. The number of ether oxygens (including phenoxy) is 1. The third-order valence-corrected chi connectivity index (χ3v) is 2.69. The van der Waals surface area contributed by atoms with Gasteiger partial charge in [0.1, 0.15) is 10.4 Å². The van der Waals surface area contributed by atoms with E-state index in [2.05, 4.69) is 27.0 Å². The van der Waals surface area contributed by atoms with Crippen molar-refractivity contribution < 1.29 is 4.74 Å². The summed E-state index contributed by atoms with van der Waals surface area (Å²) < 4.78 is 6.50. The molecule has 2 aromatic rings. The molecule has 0 aliphatic rings.